The molecule has 0 fully saturated rings. The molecule has 0 aliphatic rings. The molecular weight excluding hydrogens is 204 g/mol. The summed E-state index contributed by atoms with van der Waals surface area (Å²) in [7, 11) is 0. The molecule has 4 nitrogen and oxygen atoms in total. The molecule has 1 aromatic heterocycles. The summed E-state index contributed by atoms with van der Waals surface area (Å²) in [6.07, 6.45) is 3.72. The van der Waals surface area contributed by atoms with Crippen LogP contribution in [0.3, 0.4) is 0 Å². The van der Waals surface area contributed by atoms with Gasteiger partial charge in [-0.15, -0.1) is 11.8 Å². The van der Waals surface area contributed by atoms with Crippen molar-refractivity contribution in [1.29, 1.82) is 5.26 Å². The van der Waals surface area contributed by atoms with Crippen molar-refractivity contribution in [2.45, 2.75) is 10.2 Å². The van der Waals surface area contributed by atoms with Crippen LogP contribution in [0.25, 0.3) is 0 Å². The second-order valence-electron chi connectivity index (χ2n) is 2.09. The van der Waals surface area contributed by atoms with E-state index in [1.165, 1.54) is 23.5 Å². The van der Waals surface area contributed by atoms with Gasteiger partial charge in [-0.2, -0.15) is 5.26 Å². The molecule has 0 radical (unpaired) electrons. The summed E-state index contributed by atoms with van der Waals surface area (Å²) in [5, 5.41) is 10.0. The SMILES string of the molecule is CSc1nc(N)c(C#N)c(SC)n1. The molecule has 68 valence electrons. The Balaban J connectivity index is 3.31. The van der Waals surface area contributed by atoms with E-state index in [9.17, 15) is 0 Å². The Morgan fingerprint density at radius 3 is 2.46 bits per heavy atom. The molecule has 1 rings (SSSR count). The van der Waals surface area contributed by atoms with Gasteiger partial charge in [-0.25, -0.2) is 9.97 Å². The highest BCUT2D eigenvalue weighted by molar-refractivity contribution is 7.99. The molecule has 0 aliphatic carbocycles. The maximum absolute atomic E-state index is 8.76. The predicted molar refractivity (Wildman–Crippen MR) is 54.7 cm³/mol. The van der Waals surface area contributed by atoms with Crippen LogP contribution in [0.5, 0.6) is 0 Å². The monoisotopic (exact) mass is 212 g/mol. The van der Waals surface area contributed by atoms with E-state index in [-0.39, 0.29) is 5.82 Å². The van der Waals surface area contributed by atoms with Crippen molar-refractivity contribution in [3.63, 3.8) is 0 Å². The molecular formula is C7H8N4S2. The van der Waals surface area contributed by atoms with Crippen molar-refractivity contribution in [1.82, 2.24) is 9.97 Å². The standard InChI is InChI=1S/C7H8N4S2/c1-12-6-4(3-8)5(9)10-7(11-6)13-2/h1-2H3,(H2,9,10,11). The third-order valence-electron chi connectivity index (χ3n) is 1.37. The van der Waals surface area contributed by atoms with E-state index in [2.05, 4.69) is 9.97 Å². The van der Waals surface area contributed by atoms with Crippen LogP contribution in [0.4, 0.5) is 5.82 Å². The van der Waals surface area contributed by atoms with Crippen molar-refractivity contribution >= 4 is 29.3 Å². The summed E-state index contributed by atoms with van der Waals surface area (Å²) in [4.78, 5) is 8.12. The maximum Gasteiger partial charge on any atom is 0.190 e. The molecule has 0 atom stereocenters. The second-order valence-corrected chi connectivity index (χ2v) is 3.66. The predicted octanol–water partition coefficient (Wildman–Crippen LogP) is 1.37. The molecule has 0 aliphatic heterocycles. The average molecular weight is 212 g/mol. The van der Waals surface area contributed by atoms with Gasteiger partial charge in [0, 0.05) is 0 Å². The first-order valence-electron chi connectivity index (χ1n) is 3.38. The van der Waals surface area contributed by atoms with Gasteiger partial charge in [0.1, 0.15) is 22.5 Å². The van der Waals surface area contributed by atoms with E-state index in [0.717, 1.165) is 0 Å². The van der Waals surface area contributed by atoms with E-state index >= 15 is 0 Å². The lowest BCUT2D eigenvalue weighted by Gasteiger charge is -2.03. The number of hydrogen-bond acceptors (Lipinski definition) is 6. The van der Waals surface area contributed by atoms with Crippen LogP contribution in [0.15, 0.2) is 10.2 Å². The fourth-order valence-electron chi connectivity index (χ4n) is 0.780. The number of thioether (sulfide) groups is 2. The summed E-state index contributed by atoms with van der Waals surface area (Å²) < 4.78 is 0. The van der Waals surface area contributed by atoms with E-state index in [4.69, 9.17) is 11.0 Å². The second kappa shape index (κ2) is 4.35. The number of nitriles is 1. The number of nitrogens with zero attached hydrogens (tertiary/aromatic N) is 3. The first-order valence-corrected chi connectivity index (χ1v) is 5.83. The van der Waals surface area contributed by atoms with E-state index in [1.54, 1.807) is 0 Å². The number of nitrogens with two attached hydrogens (primary N) is 1. The fraction of sp³-hybridized carbons (Fsp3) is 0.286. The highest BCUT2D eigenvalue weighted by Gasteiger charge is 2.10. The van der Waals surface area contributed by atoms with E-state index < -0.39 is 0 Å². The van der Waals surface area contributed by atoms with Gasteiger partial charge in [-0.05, 0) is 12.5 Å². The van der Waals surface area contributed by atoms with Crippen LogP contribution in [0.1, 0.15) is 5.56 Å². The first kappa shape index (κ1) is 10.2. The van der Waals surface area contributed by atoms with Crippen LogP contribution < -0.4 is 5.73 Å². The lowest BCUT2D eigenvalue weighted by molar-refractivity contribution is 0.894. The molecule has 6 heteroatoms. The van der Waals surface area contributed by atoms with Crippen LogP contribution in [0, 0.1) is 11.3 Å². The molecule has 0 amide bonds. The Labute approximate surface area is 84.9 Å². The number of nitrogen functional groups attached to an aromatic ring is 1. The lowest BCUT2D eigenvalue weighted by Crippen LogP contribution is -2.01. The van der Waals surface area contributed by atoms with Crippen LogP contribution in [-0.4, -0.2) is 22.5 Å². The van der Waals surface area contributed by atoms with Crippen LogP contribution in [-0.2, 0) is 0 Å². The molecule has 2 N–H and O–H groups in total. The minimum Gasteiger partial charge on any atom is -0.382 e. The Kier molecular flexibility index (Phi) is 3.39. The number of rotatable bonds is 2. The van der Waals surface area contributed by atoms with Gasteiger partial charge in [0.2, 0.25) is 0 Å². The largest absolute Gasteiger partial charge is 0.382 e. The molecule has 0 saturated carbocycles. The average Bonchev–Trinajstić information content (AvgIpc) is 2.16. The molecule has 1 heterocycles. The lowest BCUT2D eigenvalue weighted by atomic mass is 10.3. The topological polar surface area (TPSA) is 75.6 Å². The Bertz CT molecular complexity index is 358. The summed E-state index contributed by atoms with van der Waals surface area (Å²) in [6.45, 7) is 0. The van der Waals surface area contributed by atoms with Crippen molar-refractivity contribution < 1.29 is 0 Å². The zero-order valence-electron chi connectivity index (χ0n) is 7.24. The minimum absolute atomic E-state index is 0.256. The summed E-state index contributed by atoms with van der Waals surface area (Å²) in [5.41, 5.74) is 5.95. The Hall–Kier alpha value is -0.930. The molecule has 0 unspecified atom stereocenters. The van der Waals surface area contributed by atoms with Crippen molar-refractivity contribution in [2.24, 2.45) is 0 Å². The summed E-state index contributed by atoms with van der Waals surface area (Å²) in [6, 6.07) is 1.99. The zero-order chi connectivity index (χ0) is 9.84. The van der Waals surface area contributed by atoms with Crippen molar-refractivity contribution in [3.05, 3.63) is 5.56 Å². The number of anilines is 1. The van der Waals surface area contributed by atoms with E-state index in [0.29, 0.717) is 15.7 Å². The minimum atomic E-state index is 0.256. The van der Waals surface area contributed by atoms with Gasteiger partial charge in [-0.3, -0.25) is 0 Å². The summed E-state index contributed by atoms with van der Waals surface area (Å²) >= 11 is 2.80. The number of hydrogen-bond donors (Lipinski definition) is 1. The van der Waals surface area contributed by atoms with Crippen LogP contribution in [0.2, 0.25) is 0 Å². The smallest absolute Gasteiger partial charge is 0.190 e. The Morgan fingerprint density at radius 1 is 1.31 bits per heavy atom. The molecule has 1 aromatic rings. The van der Waals surface area contributed by atoms with Crippen molar-refractivity contribution in [2.75, 3.05) is 18.2 Å². The van der Waals surface area contributed by atoms with E-state index in [1.807, 2.05) is 18.6 Å². The molecule has 0 saturated heterocycles. The maximum atomic E-state index is 8.76. The highest BCUT2D eigenvalue weighted by Crippen LogP contribution is 2.23. The molecule has 13 heavy (non-hydrogen) atoms. The van der Waals surface area contributed by atoms with Gasteiger partial charge in [-0.1, -0.05) is 11.8 Å². The normalized spacial score (nSPS) is 9.62. The molecule has 0 bridgehead atoms. The third kappa shape index (κ3) is 2.05. The van der Waals surface area contributed by atoms with Gasteiger partial charge >= 0.3 is 0 Å². The van der Waals surface area contributed by atoms with Gasteiger partial charge in [0.15, 0.2) is 5.16 Å². The third-order valence-corrected chi connectivity index (χ3v) is 2.60. The van der Waals surface area contributed by atoms with Crippen molar-refractivity contribution in [3.8, 4) is 6.07 Å². The zero-order valence-corrected chi connectivity index (χ0v) is 8.87. The first-order chi connectivity index (χ1) is 6.22. The van der Waals surface area contributed by atoms with Gasteiger partial charge < -0.3 is 5.73 Å². The number of aromatic nitrogens is 2. The van der Waals surface area contributed by atoms with Crippen LogP contribution >= 0.6 is 23.5 Å². The van der Waals surface area contributed by atoms with Gasteiger partial charge in [0.05, 0.1) is 0 Å². The fourth-order valence-corrected chi connectivity index (χ4v) is 1.74. The quantitative estimate of drug-likeness (QED) is 0.453. The van der Waals surface area contributed by atoms with Gasteiger partial charge in [0.25, 0.3) is 0 Å². The molecule has 0 spiro atoms. The highest BCUT2D eigenvalue weighted by atomic mass is 32.2. The summed E-state index contributed by atoms with van der Waals surface area (Å²) in [5.74, 6) is 0.256. The Morgan fingerprint density at radius 2 is 2.00 bits per heavy atom. The molecule has 0 aromatic carbocycles.